The van der Waals surface area contributed by atoms with Crippen LogP contribution in [0.1, 0.15) is 5.56 Å². The molecule has 0 aliphatic rings. The van der Waals surface area contributed by atoms with Crippen molar-refractivity contribution in [3.05, 3.63) is 237 Å². The Morgan fingerprint density at radius 1 is 0.300 bits per heavy atom. The van der Waals surface area contributed by atoms with Crippen molar-refractivity contribution in [2.75, 3.05) is 0 Å². The van der Waals surface area contributed by atoms with Crippen LogP contribution in [0.5, 0.6) is 0 Å². The Balaban J connectivity index is 1.15. The van der Waals surface area contributed by atoms with E-state index in [1.807, 2.05) is 73.3 Å². The van der Waals surface area contributed by atoms with E-state index in [1.54, 1.807) is 0 Å². The van der Waals surface area contributed by atoms with Gasteiger partial charge in [-0.15, -0.1) is 0 Å². The first-order valence-corrected chi connectivity index (χ1v) is 26.7. The number of hydrogen-bond acceptors (Lipinski definition) is 6. The van der Waals surface area contributed by atoms with Crippen LogP contribution in [-0.4, -0.2) is 23.7 Å². The first-order chi connectivity index (χ1) is 39.7. The van der Waals surface area contributed by atoms with Gasteiger partial charge in [-0.3, -0.25) is 9.97 Å². The third-order valence-electron chi connectivity index (χ3n) is 16.6. The van der Waals surface area contributed by atoms with E-state index in [2.05, 4.69) is 177 Å². The van der Waals surface area contributed by atoms with Gasteiger partial charge in [-0.25, -0.2) is 0 Å². The van der Waals surface area contributed by atoms with Crippen LogP contribution < -0.4 is 0 Å². The molecule has 18 aromatic rings. The molecule has 0 unspecified atom stereocenters. The summed E-state index contributed by atoms with van der Waals surface area (Å²) in [5, 5.41) is 25.1. The van der Waals surface area contributed by atoms with Crippen LogP contribution in [0, 0.1) is 11.3 Å². The van der Waals surface area contributed by atoms with Crippen LogP contribution >= 0.6 is 0 Å². The molecule has 0 N–H and O–H groups in total. The van der Waals surface area contributed by atoms with Crippen molar-refractivity contribution in [1.29, 1.82) is 5.26 Å². The molecule has 8 aromatic heterocycles. The highest BCUT2D eigenvalue weighted by atomic mass is 16.3. The SMILES string of the molecule is N#Cc1c(-n2c3ccccc3c3c4c(ccc32)oc2ccccc24)c(-c2cccnc2)c(-n2c3ccccc3c3c4c(ccc32)oc2ccccc24)c(-c2cccnc2)c1-n1c2ccccc2c2c3c(ccc21)oc1ccccc13. The number of benzene rings is 10. The predicted molar refractivity (Wildman–Crippen MR) is 322 cm³/mol. The fourth-order valence-corrected chi connectivity index (χ4v) is 13.6. The second kappa shape index (κ2) is 15.9. The standard InChI is InChI=1S/C71H38N6O3/c72-37-48-69(75-49-23-7-1-17-42(49)63-52(75)29-32-58-66(63)45-20-4-10-26-55(45)78-58)61(40-15-13-35-73-38-40)71(77-51-25-9-3-19-44(51)65-54(77)31-34-60-68(65)47-22-6-12-28-57(47)80-60)62(41-16-14-36-74-39-41)70(48)76-50-24-8-2-18-43(50)64-53(76)30-33-59-67(64)46-21-5-11-27-56(46)79-59/h1-36,38-39H. The fourth-order valence-electron chi connectivity index (χ4n) is 13.6. The summed E-state index contributed by atoms with van der Waals surface area (Å²) in [6.45, 7) is 0. The molecule has 9 heteroatoms. The average Bonchev–Trinajstić information content (AvgIpc) is 3.85. The number of rotatable bonds is 5. The minimum atomic E-state index is 0.454. The Kier molecular flexibility index (Phi) is 8.55. The third-order valence-corrected chi connectivity index (χ3v) is 16.6. The molecular weight excluding hydrogens is 985 g/mol. The Bertz CT molecular complexity index is 5490. The van der Waals surface area contributed by atoms with Crippen molar-refractivity contribution < 1.29 is 13.3 Å². The summed E-state index contributed by atoms with van der Waals surface area (Å²) in [6.07, 6.45) is 7.49. The number of fused-ring (bicyclic) bond motifs is 21. The highest BCUT2D eigenvalue weighted by Gasteiger charge is 2.35. The molecule has 0 aliphatic heterocycles. The lowest BCUT2D eigenvalue weighted by Gasteiger charge is -2.28. The molecule has 10 aromatic carbocycles. The molecule has 0 fully saturated rings. The van der Waals surface area contributed by atoms with Gasteiger partial charge in [0.15, 0.2) is 0 Å². The Labute approximate surface area is 453 Å². The summed E-state index contributed by atoms with van der Waals surface area (Å²) in [4.78, 5) is 9.80. The van der Waals surface area contributed by atoms with Gasteiger partial charge >= 0.3 is 0 Å². The van der Waals surface area contributed by atoms with Crippen molar-refractivity contribution in [2.45, 2.75) is 0 Å². The average molecular weight is 1020 g/mol. The monoisotopic (exact) mass is 1020 g/mol. The summed E-state index contributed by atoms with van der Waals surface area (Å²) in [6, 6.07) is 74.5. The van der Waals surface area contributed by atoms with Gasteiger partial charge in [0, 0.05) is 112 Å². The van der Waals surface area contributed by atoms with Crippen LogP contribution in [-0.2, 0) is 0 Å². The van der Waals surface area contributed by atoms with Gasteiger partial charge in [0.05, 0.1) is 50.2 Å². The highest BCUT2D eigenvalue weighted by Crippen LogP contribution is 2.54. The predicted octanol–water partition coefficient (Wildman–Crippen LogP) is 18.7. The van der Waals surface area contributed by atoms with Gasteiger partial charge in [0.25, 0.3) is 0 Å². The third kappa shape index (κ3) is 5.57. The van der Waals surface area contributed by atoms with Crippen molar-refractivity contribution in [3.63, 3.8) is 0 Å². The number of nitrogens with zero attached hydrogens (tertiary/aromatic N) is 6. The zero-order valence-electron chi connectivity index (χ0n) is 42.3. The number of aromatic nitrogens is 5. The molecule has 370 valence electrons. The second-order valence-electron chi connectivity index (χ2n) is 20.6. The van der Waals surface area contributed by atoms with E-state index in [0.29, 0.717) is 16.9 Å². The Morgan fingerprint density at radius 3 is 0.988 bits per heavy atom. The van der Waals surface area contributed by atoms with Gasteiger partial charge in [0.1, 0.15) is 45.1 Å². The lowest BCUT2D eigenvalue weighted by molar-refractivity contribution is 0.669. The quantitative estimate of drug-likeness (QED) is 0.170. The van der Waals surface area contributed by atoms with Crippen molar-refractivity contribution in [1.82, 2.24) is 23.7 Å². The number of para-hydroxylation sites is 6. The van der Waals surface area contributed by atoms with Gasteiger partial charge in [0.2, 0.25) is 0 Å². The summed E-state index contributed by atoms with van der Waals surface area (Å²) >= 11 is 0. The van der Waals surface area contributed by atoms with Crippen LogP contribution in [0.15, 0.2) is 244 Å². The van der Waals surface area contributed by atoms with E-state index < -0.39 is 0 Å². The molecule has 0 aliphatic carbocycles. The smallest absolute Gasteiger partial charge is 0.136 e. The van der Waals surface area contributed by atoms with Crippen LogP contribution in [0.2, 0.25) is 0 Å². The van der Waals surface area contributed by atoms with Crippen molar-refractivity contribution in [3.8, 4) is 45.4 Å². The number of nitriles is 1. The summed E-state index contributed by atoms with van der Waals surface area (Å²) < 4.78 is 27.0. The van der Waals surface area contributed by atoms with Crippen LogP contribution in [0.3, 0.4) is 0 Å². The molecule has 0 spiro atoms. The zero-order chi connectivity index (χ0) is 52.3. The van der Waals surface area contributed by atoms with Crippen LogP contribution in [0.25, 0.3) is 171 Å². The van der Waals surface area contributed by atoms with E-state index in [1.165, 1.54) is 0 Å². The summed E-state index contributed by atoms with van der Waals surface area (Å²) in [7, 11) is 0. The molecule has 80 heavy (non-hydrogen) atoms. The highest BCUT2D eigenvalue weighted by molar-refractivity contribution is 6.31. The van der Waals surface area contributed by atoms with E-state index in [4.69, 9.17) is 23.2 Å². The lowest BCUT2D eigenvalue weighted by Crippen LogP contribution is -2.13. The minimum absolute atomic E-state index is 0.454. The van der Waals surface area contributed by atoms with Gasteiger partial charge in [-0.1, -0.05) is 121 Å². The van der Waals surface area contributed by atoms with Gasteiger partial charge < -0.3 is 27.0 Å². The molecule has 9 nitrogen and oxygen atoms in total. The topological polar surface area (TPSA) is 104 Å². The first kappa shape index (κ1) is 43.0. The summed E-state index contributed by atoms with van der Waals surface area (Å²) in [5.74, 6) is 0. The molecule has 0 bridgehead atoms. The maximum atomic E-state index is 12.8. The molecule has 8 heterocycles. The maximum absolute atomic E-state index is 12.8. The fraction of sp³-hybridized carbons (Fsp3) is 0. The summed E-state index contributed by atoms with van der Waals surface area (Å²) in [5.41, 5.74) is 16.4. The molecule has 0 saturated carbocycles. The van der Waals surface area contributed by atoms with E-state index in [-0.39, 0.29) is 0 Å². The van der Waals surface area contributed by atoms with Crippen molar-refractivity contribution >= 4 is 131 Å². The van der Waals surface area contributed by atoms with Gasteiger partial charge in [-0.05, 0) is 84.9 Å². The number of furan rings is 3. The first-order valence-electron chi connectivity index (χ1n) is 26.7. The van der Waals surface area contributed by atoms with Crippen LogP contribution in [0.4, 0.5) is 0 Å². The van der Waals surface area contributed by atoms with E-state index in [9.17, 15) is 5.26 Å². The normalized spacial score (nSPS) is 12.2. The zero-order valence-corrected chi connectivity index (χ0v) is 42.3. The molecule has 0 radical (unpaired) electrons. The van der Waals surface area contributed by atoms with Gasteiger partial charge in [-0.2, -0.15) is 5.26 Å². The maximum Gasteiger partial charge on any atom is 0.136 e. The lowest BCUT2D eigenvalue weighted by atomic mass is 9.89. The van der Waals surface area contributed by atoms with Crippen molar-refractivity contribution in [2.24, 2.45) is 0 Å². The molecule has 18 rings (SSSR count). The molecular formula is C71H38N6O3. The van der Waals surface area contributed by atoms with E-state index in [0.717, 1.165) is 159 Å². The largest absolute Gasteiger partial charge is 0.456 e. The number of pyridine rings is 2. The minimum Gasteiger partial charge on any atom is -0.456 e. The molecule has 0 saturated heterocycles. The Hall–Kier alpha value is -11.2. The molecule has 0 amide bonds. The van der Waals surface area contributed by atoms with E-state index >= 15 is 0 Å². The second-order valence-corrected chi connectivity index (χ2v) is 20.6. The molecule has 0 atom stereocenters. The Morgan fingerprint density at radius 2 is 0.637 bits per heavy atom. The number of hydrogen-bond donors (Lipinski definition) is 0.